The summed E-state index contributed by atoms with van der Waals surface area (Å²) < 4.78 is 0. The van der Waals surface area contributed by atoms with Gasteiger partial charge in [0.15, 0.2) is 0 Å². The minimum absolute atomic E-state index is 0.725. The molecule has 2 unspecified atom stereocenters. The third-order valence-corrected chi connectivity index (χ3v) is 3.20. The van der Waals surface area contributed by atoms with Gasteiger partial charge in [0.1, 0.15) is 0 Å². The van der Waals surface area contributed by atoms with E-state index in [-0.39, 0.29) is 0 Å². The van der Waals surface area contributed by atoms with Crippen LogP contribution in [0.25, 0.3) is 0 Å². The Balaban J connectivity index is 2.06. The van der Waals surface area contributed by atoms with Crippen molar-refractivity contribution in [3.63, 3.8) is 0 Å². The second-order valence-electron chi connectivity index (χ2n) is 3.87. The van der Waals surface area contributed by atoms with E-state index in [0.717, 1.165) is 11.8 Å². The average molecular weight is 159 g/mol. The fraction of sp³-hybridized carbons (Fsp3) is 0.455. The highest BCUT2D eigenvalue weighted by atomic mass is 14.9. The molecule has 2 atom stereocenters. The van der Waals surface area contributed by atoms with Crippen LogP contribution in [-0.2, 0) is 0 Å². The lowest BCUT2D eigenvalue weighted by atomic mass is 9.95. The zero-order chi connectivity index (χ0) is 7.97. The molecule has 1 fully saturated rings. The van der Waals surface area contributed by atoms with Crippen LogP contribution in [0, 0.1) is 11.8 Å². The van der Waals surface area contributed by atoms with E-state index < -0.39 is 0 Å². The minimum Gasteiger partial charge on any atom is -0.388 e. The highest BCUT2D eigenvalue weighted by Crippen LogP contribution is 2.42. The second kappa shape index (κ2) is 2.25. The first-order chi connectivity index (χ1) is 5.95. The van der Waals surface area contributed by atoms with Gasteiger partial charge in [-0.05, 0) is 18.4 Å². The molecule has 1 N–H and O–H groups in total. The highest BCUT2D eigenvalue weighted by Gasteiger charge is 2.34. The number of rotatable bonds is 0. The van der Waals surface area contributed by atoms with Gasteiger partial charge >= 0.3 is 0 Å². The molecule has 3 aliphatic rings. The van der Waals surface area contributed by atoms with Crippen molar-refractivity contribution in [3.8, 4) is 0 Å². The molecule has 3 rings (SSSR count). The summed E-state index contributed by atoms with van der Waals surface area (Å²) in [4.78, 5) is 0. The first-order valence-corrected chi connectivity index (χ1v) is 4.78. The topological polar surface area (TPSA) is 12.0 Å². The molecule has 62 valence electrons. The summed E-state index contributed by atoms with van der Waals surface area (Å²) in [6, 6.07) is 0. The Hall–Kier alpha value is -0.980. The van der Waals surface area contributed by atoms with Crippen molar-refractivity contribution >= 4 is 0 Å². The molecule has 0 aromatic rings. The lowest BCUT2D eigenvalue weighted by Gasteiger charge is -2.10. The molecule has 0 radical (unpaired) electrons. The van der Waals surface area contributed by atoms with Crippen LogP contribution in [0.5, 0.6) is 0 Å². The minimum atomic E-state index is 0.725. The van der Waals surface area contributed by atoms with E-state index in [1.165, 1.54) is 19.4 Å². The lowest BCUT2D eigenvalue weighted by Crippen LogP contribution is -2.07. The Morgan fingerprint density at radius 3 is 3.33 bits per heavy atom. The Kier molecular flexibility index (Phi) is 1.23. The first-order valence-electron chi connectivity index (χ1n) is 4.78. The summed E-state index contributed by atoms with van der Waals surface area (Å²) in [7, 11) is 0. The maximum atomic E-state index is 3.51. The van der Waals surface area contributed by atoms with Crippen molar-refractivity contribution in [3.05, 3.63) is 35.6 Å². The fourth-order valence-electron chi connectivity index (χ4n) is 2.63. The normalized spacial score (nSPS) is 36.7. The Morgan fingerprint density at radius 1 is 1.33 bits per heavy atom. The van der Waals surface area contributed by atoms with Crippen LogP contribution in [0.3, 0.4) is 0 Å². The number of hydrogen-bond acceptors (Lipinski definition) is 1. The van der Waals surface area contributed by atoms with Crippen LogP contribution in [0.2, 0.25) is 0 Å². The van der Waals surface area contributed by atoms with Gasteiger partial charge in [-0.15, -0.1) is 0 Å². The van der Waals surface area contributed by atoms with E-state index in [2.05, 4.69) is 29.6 Å². The van der Waals surface area contributed by atoms with Gasteiger partial charge in [0, 0.05) is 24.1 Å². The molecule has 1 saturated heterocycles. The van der Waals surface area contributed by atoms with Crippen molar-refractivity contribution in [2.75, 3.05) is 6.54 Å². The van der Waals surface area contributed by atoms with Crippen LogP contribution in [0.1, 0.15) is 12.8 Å². The van der Waals surface area contributed by atoms with Crippen molar-refractivity contribution in [2.45, 2.75) is 12.8 Å². The third-order valence-electron chi connectivity index (χ3n) is 3.20. The van der Waals surface area contributed by atoms with Crippen molar-refractivity contribution < 1.29 is 0 Å². The monoisotopic (exact) mass is 159 g/mol. The second-order valence-corrected chi connectivity index (χ2v) is 3.87. The summed E-state index contributed by atoms with van der Waals surface area (Å²) in [6.07, 6.45) is 11.6. The molecule has 0 aromatic carbocycles. The number of hydrogen-bond donors (Lipinski definition) is 1. The van der Waals surface area contributed by atoms with Crippen LogP contribution in [0.15, 0.2) is 35.6 Å². The molecular formula is C11H13N. The molecule has 2 aliphatic carbocycles. The molecule has 0 amide bonds. The molecule has 1 heteroatoms. The van der Waals surface area contributed by atoms with E-state index in [4.69, 9.17) is 0 Å². The molecule has 0 aromatic heterocycles. The van der Waals surface area contributed by atoms with Gasteiger partial charge in [0.2, 0.25) is 0 Å². The zero-order valence-corrected chi connectivity index (χ0v) is 7.09. The predicted octanol–water partition coefficient (Wildman–Crippen LogP) is 2.00. The molecule has 1 heterocycles. The molecule has 0 spiro atoms. The van der Waals surface area contributed by atoms with Crippen LogP contribution < -0.4 is 5.32 Å². The van der Waals surface area contributed by atoms with Gasteiger partial charge in [-0.3, -0.25) is 0 Å². The van der Waals surface area contributed by atoms with Crippen molar-refractivity contribution in [1.82, 2.24) is 5.32 Å². The fourth-order valence-corrected chi connectivity index (χ4v) is 2.63. The van der Waals surface area contributed by atoms with Crippen molar-refractivity contribution in [1.29, 1.82) is 0 Å². The molecule has 0 saturated carbocycles. The van der Waals surface area contributed by atoms with E-state index in [1.807, 2.05) is 0 Å². The predicted molar refractivity (Wildman–Crippen MR) is 49.5 cm³/mol. The summed E-state index contributed by atoms with van der Waals surface area (Å²) in [5.41, 5.74) is 3.10. The molecule has 12 heavy (non-hydrogen) atoms. The maximum absolute atomic E-state index is 3.51. The maximum Gasteiger partial charge on any atom is 0.0178 e. The van der Waals surface area contributed by atoms with Gasteiger partial charge in [0.05, 0.1) is 0 Å². The third kappa shape index (κ3) is 0.739. The summed E-state index contributed by atoms with van der Waals surface area (Å²) >= 11 is 0. The zero-order valence-electron chi connectivity index (χ0n) is 7.09. The standard InChI is InChI=1S/C11H13N/c1-2-4-10-8(3-1)7-9-5-6-12-11(9)10/h1-4,8-9,12H,5-7H2. The lowest BCUT2D eigenvalue weighted by molar-refractivity contribution is 0.569. The molecule has 1 aliphatic heterocycles. The van der Waals surface area contributed by atoms with Crippen molar-refractivity contribution in [2.24, 2.45) is 11.8 Å². The number of fused-ring (bicyclic) bond motifs is 2. The van der Waals surface area contributed by atoms with E-state index >= 15 is 0 Å². The quantitative estimate of drug-likeness (QED) is 0.570. The van der Waals surface area contributed by atoms with E-state index in [9.17, 15) is 0 Å². The van der Waals surface area contributed by atoms with Crippen LogP contribution in [-0.4, -0.2) is 6.54 Å². The van der Waals surface area contributed by atoms with Gasteiger partial charge in [-0.25, -0.2) is 0 Å². The highest BCUT2D eigenvalue weighted by molar-refractivity contribution is 5.42. The van der Waals surface area contributed by atoms with E-state index in [1.54, 1.807) is 11.3 Å². The van der Waals surface area contributed by atoms with E-state index in [0.29, 0.717) is 0 Å². The summed E-state index contributed by atoms with van der Waals surface area (Å²) in [5.74, 6) is 1.57. The SMILES string of the molecule is C1=CC2=C3NCCC3CC2C=C1. The average Bonchev–Trinajstić information content (AvgIpc) is 2.62. The Morgan fingerprint density at radius 2 is 2.33 bits per heavy atom. The molecule has 0 bridgehead atoms. The van der Waals surface area contributed by atoms with Crippen LogP contribution in [0.4, 0.5) is 0 Å². The summed E-state index contributed by atoms with van der Waals surface area (Å²) in [5, 5.41) is 3.51. The smallest absolute Gasteiger partial charge is 0.0178 e. The largest absolute Gasteiger partial charge is 0.388 e. The van der Waals surface area contributed by atoms with Gasteiger partial charge < -0.3 is 5.32 Å². The Bertz CT molecular complexity index is 296. The Labute approximate surface area is 72.9 Å². The number of nitrogens with one attached hydrogen (secondary N) is 1. The van der Waals surface area contributed by atoms with Gasteiger partial charge in [0.25, 0.3) is 0 Å². The molecular weight excluding hydrogens is 146 g/mol. The van der Waals surface area contributed by atoms with Gasteiger partial charge in [-0.2, -0.15) is 0 Å². The van der Waals surface area contributed by atoms with Crippen LogP contribution >= 0.6 is 0 Å². The van der Waals surface area contributed by atoms with Gasteiger partial charge in [-0.1, -0.05) is 24.3 Å². The summed E-state index contributed by atoms with van der Waals surface area (Å²) in [6.45, 7) is 1.19. The number of allylic oxidation sites excluding steroid dienone is 6. The first kappa shape index (κ1) is 6.53. The molecule has 1 nitrogen and oxygen atoms in total.